The zero-order chi connectivity index (χ0) is 12.8. The fourth-order valence-corrected chi connectivity index (χ4v) is 2.06. The summed E-state index contributed by atoms with van der Waals surface area (Å²) in [7, 11) is 0. The van der Waals surface area contributed by atoms with Crippen LogP contribution in [0.4, 0.5) is 5.69 Å². The van der Waals surface area contributed by atoms with Crippen LogP contribution in [0.15, 0.2) is 54.6 Å². The molecule has 2 N–H and O–H groups in total. The molecule has 0 saturated heterocycles. The number of hydrogen-bond acceptors (Lipinski definition) is 2. The van der Waals surface area contributed by atoms with Gasteiger partial charge in [0.25, 0.3) is 0 Å². The van der Waals surface area contributed by atoms with Crippen LogP contribution in [0.25, 0.3) is 0 Å². The van der Waals surface area contributed by atoms with E-state index in [1.807, 2.05) is 30.3 Å². The first kappa shape index (κ1) is 12.7. The lowest BCUT2D eigenvalue weighted by molar-refractivity contribution is 0.282. The lowest BCUT2D eigenvalue weighted by Gasteiger charge is -2.16. The molecule has 2 rings (SSSR count). The summed E-state index contributed by atoms with van der Waals surface area (Å²) in [4.78, 5) is 0. The Labute approximate surface area is 108 Å². The van der Waals surface area contributed by atoms with E-state index in [0.717, 1.165) is 17.7 Å². The third-order valence-corrected chi connectivity index (χ3v) is 2.91. The van der Waals surface area contributed by atoms with Crippen LogP contribution in [0.5, 0.6) is 0 Å². The van der Waals surface area contributed by atoms with Gasteiger partial charge in [-0.1, -0.05) is 42.5 Å². The molecule has 0 heterocycles. The van der Waals surface area contributed by atoms with Gasteiger partial charge in [0.05, 0.1) is 6.61 Å². The molecule has 0 saturated carbocycles. The smallest absolute Gasteiger partial charge is 0.0682 e. The van der Waals surface area contributed by atoms with Gasteiger partial charge in [0.1, 0.15) is 0 Å². The van der Waals surface area contributed by atoms with Gasteiger partial charge in [-0.2, -0.15) is 0 Å². The zero-order valence-corrected chi connectivity index (χ0v) is 10.6. The number of aliphatic hydroxyl groups is 1. The summed E-state index contributed by atoms with van der Waals surface area (Å²) in [6.07, 6.45) is 0.990. The molecule has 0 aliphatic carbocycles. The van der Waals surface area contributed by atoms with E-state index < -0.39 is 0 Å². The highest BCUT2D eigenvalue weighted by molar-refractivity contribution is 5.46. The maximum absolute atomic E-state index is 9.10. The van der Waals surface area contributed by atoms with E-state index in [0.29, 0.717) is 6.04 Å². The largest absolute Gasteiger partial charge is 0.392 e. The maximum Gasteiger partial charge on any atom is 0.0682 e. The molecule has 18 heavy (non-hydrogen) atoms. The Morgan fingerprint density at radius 1 is 1.00 bits per heavy atom. The summed E-state index contributed by atoms with van der Waals surface area (Å²) in [6, 6.07) is 18.7. The summed E-state index contributed by atoms with van der Waals surface area (Å²) in [6.45, 7) is 2.25. The number of nitrogens with one attached hydrogen (secondary N) is 1. The van der Waals surface area contributed by atoms with Crippen molar-refractivity contribution < 1.29 is 5.11 Å². The molecule has 2 nitrogen and oxygen atoms in total. The standard InChI is InChI=1S/C16H19NO/c1-13(10-14-6-3-2-4-7-14)17-16-9-5-8-15(11-16)12-18/h2-9,11,13,17-18H,10,12H2,1H3. The van der Waals surface area contributed by atoms with Crippen molar-refractivity contribution in [1.29, 1.82) is 0 Å². The fourth-order valence-electron chi connectivity index (χ4n) is 2.06. The number of benzene rings is 2. The third-order valence-electron chi connectivity index (χ3n) is 2.91. The highest BCUT2D eigenvalue weighted by Crippen LogP contribution is 2.13. The second-order valence-corrected chi connectivity index (χ2v) is 4.59. The Bertz CT molecular complexity index is 481. The van der Waals surface area contributed by atoms with Crippen molar-refractivity contribution in [1.82, 2.24) is 0 Å². The Morgan fingerprint density at radius 3 is 2.44 bits per heavy atom. The van der Waals surface area contributed by atoms with Crippen LogP contribution in [-0.2, 0) is 13.0 Å². The first-order chi connectivity index (χ1) is 8.78. The molecule has 1 atom stereocenters. The molecule has 0 aromatic heterocycles. The quantitative estimate of drug-likeness (QED) is 0.842. The second kappa shape index (κ2) is 6.22. The van der Waals surface area contributed by atoms with Crippen molar-refractivity contribution in [3.05, 3.63) is 65.7 Å². The third kappa shape index (κ3) is 3.60. The van der Waals surface area contributed by atoms with Gasteiger partial charge in [0.2, 0.25) is 0 Å². The van der Waals surface area contributed by atoms with Crippen molar-refractivity contribution in [3.63, 3.8) is 0 Å². The minimum Gasteiger partial charge on any atom is -0.392 e. The first-order valence-corrected chi connectivity index (χ1v) is 6.28. The van der Waals surface area contributed by atoms with Crippen molar-refractivity contribution >= 4 is 5.69 Å². The molecule has 0 aliphatic rings. The van der Waals surface area contributed by atoms with Crippen molar-refractivity contribution in [3.8, 4) is 0 Å². The van der Waals surface area contributed by atoms with E-state index in [4.69, 9.17) is 5.11 Å². The summed E-state index contributed by atoms with van der Waals surface area (Å²) >= 11 is 0. The van der Waals surface area contributed by atoms with E-state index in [9.17, 15) is 0 Å². The van der Waals surface area contributed by atoms with Gasteiger partial charge in [-0.3, -0.25) is 0 Å². The Hall–Kier alpha value is -1.80. The number of anilines is 1. The predicted molar refractivity (Wildman–Crippen MR) is 75.6 cm³/mol. The van der Waals surface area contributed by atoms with Crippen LogP contribution in [0.3, 0.4) is 0 Å². The van der Waals surface area contributed by atoms with E-state index in [1.54, 1.807) is 0 Å². The van der Waals surface area contributed by atoms with Gasteiger partial charge in [-0.15, -0.1) is 0 Å². The van der Waals surface area contributed by atoms with Gasteiger partial charge in [-0.05, 0) is 36.6 Å². The molecule has 0 radical (unpaired) electrons. The molecule has 1 unspecified atom stereocenters. The zero-order valence-electron chi connectivity index (χ0n) is 10.6. The molecule has 2 heteroatoms. The summed E-state index contributed by atoms with van der Waals surface area (Å²) < 4.78 is 0. The Balaban J connectivity index is 1.96. The van der Waals surface area contributed by atoms with Crippen LogP contribution in [-0.4, -0.2) is 11.1 Å². The monoisotopic (exact) mass is 241 g/mol. The first-order valence-electron chi connectivity index (χ1n) is 6.28. The predicted octanol–water partition coefficient (Wildman–Crippen LogP) is 3.22. The van der Waals surface area contributed by atoms with Gasteiger partial charge in [-0.25, -0.2) is 0 Å². The molecule has 0 aliphatic heterocycles. The average Bonchev–Trinajstić information content (AvgIpc) is 2.40. The van der Waals surface area contributed by atoms with Crippen LogP contribution < -0.4 is 5.32 Å². The number of hydrogen-bond donors (Lipinski definition) is 2. The molecule has 0 bridgehead atoms. The highest BCUT2D eigenvalue weighted by Gasteiger charge is 2.03. The minimum absolute atomic E-state index is 0.0859. The molecule has 0 spiro atoms. The maximum atomic E-state index is 9.10. The number of rotatable bonds is 5. The normalized spacial score (nSPS) is 12.1. The van der Waals surface area contributed by atoms with Crippen LogP contribution >= 0.6 is 0 Å². The molecule has 2 aromatic rings. The van der Waals surface area contributed by atoms with Gasteiger partial charge >= 0.3 is 0 Å². The van der Waals surface area contributed by atoms with E-state index in [1.165, 1.54) is 5.56 Å². The van der Waals surface area contributed by atoms with Crippen LogP contribution in [0.1, 0.15) is 18.1 Å². The molecule has 0 amide bonds. The lowest BCUT2D eigenvalue weighted by atomic mass is 10.1. The lowest BCUT2D eigenvalue weighted by Crippen LogP contribution is -2.18. The Morgan fingerprint density at radius 2 is 1.72 bits per heavy atom. The van der Waals surface area contributed by atoms with Crippen molar-refractivity contribution in [2.75, 3.05) is 5.32 Å². The van der Waals surface area contributed by atoms with Gasteiger partial charge in [0, 0.05) is 11.7 Å². The summed E-state index contributed by atoms with van der Waals surface area (Å²) in [5.41, 5.74) is 3.33. The molecular formula is C16H19NO. The average molecular weight is 241 g/mol. The second-order valence-electron chi connectivity index (χ2n) is 4.59. The van der Waals surface area contributed by atoms with Gasteiger partial charge < -0.3 is 10.4 Å². The van der Waals surface area contributed by atoms with Crippen LogP contribution in [0.2, 0.25) is 0 Å². The van der Waals surface area contributed by atoms with E-state index in [2.05, 4.69) is 36.5 Å². The summed E-state index contributed by atoms with van der Waals surface area (Å²) in [5.74, 6) is 0. The Kier molecular flexibility index (Phi) is 4.37. The van der Waals surface area contributed by atoms with Gasteiger partial charge in [0.15, 0.2) is 0 Å². The van der Waals surface area contributed by atoms with E-state index >= 15 is 0 Å². The van der Waals surface area contributed by atoms with Crippen molar-refractivity contribution in [2.24, 2.45) is 0 Å². The molecule has 94 valence electrons. The SMILES string of the molecule is CC(Cc1ccccc1)Nc1cccc(CO)c1. The molecule has 2 aromatic carbocycles. The molecule has 0 fully saturated rings. The minimum atomic E-state index is 0.0859. The van der Waals surface area contributed by atoms with Crippen LogP contribution in [0, 0.1) is 0 Å². The van der Waals surface area contributed by atoms with E-state index in [-0.39, 0.29) is 6.61 Å². The number of aliphatic hydroxyl groups excluding tert-OH is 1. The molecular weight excluding hydrogens is 222 g/mol. The fraction of sp³-hybridized carbons (Fsp3) is 0.250. The summed E-state index contributed by atoms with van der Waals surface area (Å²) in [5, 5.41) is 12.6. The van der Waals surface area contributed by atoms with Crippen molar-refractivity contribution in [2.45, 2.75) is 26.0 Å². The highest BCUT2D eigenvalue weighted by atomic mass is 16.3. The topological polar surface area (TPSA) is 32.3 Å².